The highest BCUT2D eigenvalue weighted by molar-refractivity contribution is 5.68. The van der Waals surface area contributed by atoms with Crippen molar-refractivity contribution >= 4 is 23.9 Å². The summed E-state index contributed by atoms with van der Waals surface area (Å²) in [4.78, 5) is 47.5. The predicted octanol–water partition coefficient (Wildman–Crippen LogP) is 4.50. The smallest absolute Gasteiger partial charge is 0.303 e. The highest BCUT2D eigenvalue weighted by Gasteiger charge is 2.52. The Morgan fingerprint density at radius 2 is 1.05 bits per heavy atom. The van der Waals surface area contributed by atoms with Gasteiger partial charge in [-0.25, -0.2) is 0 Å². The monoisotopic (exact) mass is 572 g/mol. The number of hydrogen-bond donors (Lipinski definition) is 0. The molecule has 1 aliphatic rings. The van der Waals surface area contributed by atoms with Crippen LogP contribution in [0.5, 0.6) is 0 Å². The van der Waals surface area contributed by atoms with Crippen molar-refractivity contribution in [2.45, 2.75) is 136 Å². The molecule has 0 radical (unpaired) electrons. The SMILES string of the molecule is CCCCCCCCCCCC[N+](C)(C)CC[C@@H]1O[C@H](COC(C)=O)[C@@H](OC(C)=O)[C@H](OC(C)=O)[C@H]1OC(C)=O. The van der Waals surface area contributed by atoms with Crippen molar-refractivity contribution in [2.75, 3.05) is 33.8 Å². The van der Waals surface area contributed by atoms with Gasteiger partial charge in [-0.05, 0) is 12.8 Å². The van der Waals surface area contributed by atoms with Gasteiger partial charge in [-0.1, -0.05) is 58.3 Å². The van der Waals surface area contributed by atoms with E-state index in [1.165, 1.54) is 85.5 Å². The minimum atomic E-state index is -1.12. The van der Waals surface area contributed by atoms with Gasteiger partial charge in [-0.15, -0.1) is 0 Å². The molecule has 0 aromatic heterocycles. The summed E-state index contributed by atoms with van der Waals surface area (Å²) in [6.07, 6.45) is 8.50. The summed E-state index contributed by atoms with van der Waals surface area (Å²) in [6.45, 7) is 8.71. The Morgan fingerprint density at radius 3 is 1.52 bits per heavy atom. The van der Waals surface area contributed by atoms with E-state index in [2.05, 4.69) is 21.0 Å². The first-order valence-electron chi connectivity index (χ1n) is 15.0. The number of nitrogens with zero attached hydrogens (tertiary/aromatic N) is 1. The molecule has 0 saturated carbocycles. The van der Waals surface area contributed by atoms with Gasteiger partial charge in [0, 0.05) is 34.1 Å². The largest absolute Gasteiger partial charge is 0.463 e. The fourth-order valence-corrected chi connectivity index (χ4v) is 5.17. The fourth-order valence-electron chi connectivity index (χ4n) is 5.17. The van der Waals surface area contributed by atoms with Crippen LogP contribution in [-0.2, 0) is 42.9 Å². The molecule has 10 nitrogen and oxygen atoms in total. The summed E-state index contributed by atoms with van der Waals surface area (Å²) in [7, 11) is 4.30. The van der Waals surface area contributed by atoms with Gasteiger partial charge in [0.1, 0.15) is 18.8 Å². The maximum Gasteiger partial charge on any atom is 0.303 e. The first kappa shape index (κ1) is 35.8. The van der Waals surface area contributed by atoms with Crippen LogP contribution in [0.2, 0.25) is 0 Å². The Hall–Kier alpha value is -2.20. The number of carbonyl (C=O) groups is 4. The van der Waals surface area contributed by atoms with E-state index in [9.17, 15) is 19.2 Å². The van der Waals surface area contributed by atoms with E-state index in [0.717, 1.165) is 17.4 Å². The van der Waals surface area contributed by atoms with Crippen LogP contribution in [0.1, 0.15) is 105 Å². The molecule has 0 aliphatic carbocycles. The zero-order valence-electron chi connectivity index (χ0n) is 25.9. The highest BCUT2D eigenvalue weighted by Crippen LogP contribution is 2.31. The predicted molar refractivity (Wildman–Crippen MR) is 150 cm³/mol. The maximum absolute atomic E-state index is 12.0. The Morgan fingerprint density at radius 1 is 0.600 bits per heavy atom. The lowest BCUT2D eigenvalue weighted by molar-refractivity contribution is -0.891. The van der Waals surface area contributed by atoms with Gasteiger partial charge < -0.3 is 28.2 Å². The van der Waals surface area contributed by atoms with Crippen LogP contribution < -0.4 is 0 Å². The zero-order chi connectivity index (χ0) is 30.1. The number of unbranched alkanes of at least 4 members (excludes halogenated alkanes) is 9. The molecule has 0 N–H and O–H groups in total. The van der Waals surface area contributed by atoms with Crippen LogP contribution >= 0.6 is 0 Å². The minimum Gasteiger partial charge on any atom is -0.463 e. The van der Waals surface area contributed by atoms with Gasteiger partial charge in [0.2, 0.25) is 0 Å². The third-order valence-electron chi connectivity index (χ3n) is 7.22. The third kappa shape index (κ3) is 15.0. The summed E-state index contributed by atoms with van der Waals surface area (Å²) < 4.78 is 28.7. The van der Waals surface area contributed by atoms with E-state index < -0.39 is 54.4 Å². The number of quaternary nitrogens is 1. The number of rotatable bonds is 19. The molecule has 0 aromatic carbocycles. The topological polar surface area (TPSA) is 114 Å². The van der Waals surface area contributed by atoms with E-state index in [0.29, 0.717) is 13.0 Å². The lowest BCUT2D eigenvalue weighted by atomic mass is 9.92. The van der Waals surface area contributed by atoms with E-state index in [-0.39, 0.29) is 6.61 Å². The summed E-state index contributed by atoms with van der Waals surface area (Å²) >= 11 is 0. The molecule has 1 aliphatic heterocycles. The number of hydrogen-bond acceptors (Lipinski definition) is 9. The number of carbonyl (C=O) groups excluding carboxylic acids is 4. The molecule has 0 bridgehead atoms. The summed E-state index contributed by atoms with van der Waals surface area (Å²) in [5, 5.41) is 0. The lowest BCUT2D eigenvalue weighted by Gasteiger charge is -2.45. The van der Waals surface area contributed by atoms with E-state index >= 15 is 0 Å². The Labute approximate surface area is 241 Å². The van der Waals surface area contributed by atoms with Crippen LogP contribution in [0.25, 0.3) is 0 Å². The Kier molecular flexibility index (Phi) is 17.0. The molecule has 1 heterocycles. The van der Waals surface area contributed by atoms with Gasteiger partial charge in [0.15, 0.2) is 18.3 Å². The summed E-state index contributed by atoms with van der Waals surface area (Å²) in [5.41, 5.74) is 0. The Balaban J connectivity index is 2.83. The second-order valence-corrected chi connectivity index (χ2v) is 11.6. The molecule has 232 valence electrons. The van der Waals surface area contributed by atoms with Gasteiger partial charge in [-0.3, -0.25) is 19.2 Å². The quantitative estimate of drug-likeness (QED) is 0.0955. The average Bonchev–Trinajstić information content (AvgIpc) is 2.85. The van der Waals surface area contributed by atoms with E-state index in [4.69, 9.17) is 23.7 Å². The van der Waals surface area contributed by atoms with Crippen LogP contribution in [0.15, 0.2) is 0 Å². The fraction of sp³-hybridized carbons (Fsp3) is 0.867. The van der Waals surface area contributed by atoms with Crippen molar-refractivity contribution in [2.24, 2.45) is 0 Å². The molecule has 0 amide bonds. The molecule has 10 heteroatoms. The van der Waals surface area contributed by atoms with E-state index in [1.54, 1.807) is 0 Å². The maximum atomic E-state index is 12.0. The molecule has 0 aromatic rings. The van der Waals surface area contributed by atoms with Crippen molar-refractivity contribution in [3.63, 3.8) is 0 Å². The molecule has 1 saturated heterocycles. The Bertz CT molecular complexity index is 785. The summed E-state index contributed by atoms with van der Waals surface area (Å²) in [5.74, 6) is -2.35. The highest BCUT2D eigenvalue weighted by atomic mass is 16.7. The molecular formula is C30H54NO9+. The van der Waals surface area contributed by atoms with Gasteiger partial charge in [-0.2, -0.15) is 0 Å². The zero-order valence-corrected chi connectivity index (χ0v) is 25.9. The van der Waals surface area contributed by atoms with Crippen molar-refractivity contribution < 1.29 is 47.3 Å². The molecule has 1 fully saturated rings. The molecule has 1 rings (SSSR count). The van der Waals surface area contributed by atoms with Crippen molar-refractivity contribution in [3.8, 4) is 0 Å². The molecule has 0 unspecified atom stereocenters. The van der Waals surface area contributed by atoms with E-state index in [1.807, 2.05) is 0 Å². The van der Waals surface area contributed by atoms with Crippen LogP contribution in [0.3, 0.4) is 0 Å². The van der Waals surface area contributed by atoms with Crippen molar-refractivity contribution in [3.05, 3.63) is 0 Å². The van der Waals surface area contributed by atoms with Gasteiger partial charge in [0.25, 0.3) is 0 Å². The van der Waals surface area contributed by atoms with Crippen molar-refractivity contribution in [1.82, 2.24) is 0 Å². The summed E-state index contributed by atoms with van der Waals surface area (Å²) in [6, 6.07) is 0. The normalized spacial score (nSPS) is 22.8. The molecule has 5 atom stereocenters. The molecule has 40 heavy (non-hydrogen) atoms. The van der Waals surface area contributed by atoms with Crippen LogP contribution in [-0.4, -0.2) is 92.7 Å². The van der Waals surface area contributed by atoms with Gasteiger partial charge in [0.05, 0.1) is 27.2 Å². The number of esters is 4. The molecular weight excluding hydrogens is 518 g/mol. The minimum absolute atomic E-state index is 0.203. The second-order valence-electron chi connectivity index (χ2n) is 11.6. The molecule has 0 spiro atoms. The second kappa shape index (κ2) is 19.0. The van der Waals surface area contributed by atoms with Crippen LogP contribution in [0.4, 0.5) is 0 Å². The lowest BCUT2D eigenvalue weighted by Crippen LogP contribution is -2.63. The van der Waals surface area contributed by atoms with Crippen molar-refractivity contribution in [1.29, 1.82) is 0 Å². The first-order chi connectivity index (χ1) is 18.9. The first-order valence-corrected chi connectivity index (χ1v) is 15.0. The number of ether oxygens (including phenoxy) is 5. The third-order valence-corrected chi connectivity index (χ3v) is 7.22. The van der Waals surface area contributed by atoms with Gasteiger partial charge >= 0.3 is 23.9 Å². The van der Waals surface area contributed by atoms with Crippen LogP contribution in [0, 0.1) is 0 Å². The standard InChI is InChI=1S/C30H54NO9/c1-8-9-10-11-12-13-14-15-16-17-19-31(6,7)20-18-26-28(37-23(3)33)30(39-25(5)35)29(38-24(4)34)27(40-26)21-36-22(2)32/h26-30H,8-21H2,1-7H3/q+1/t26-,27+,28-,29+,30+/m0/s1. The average molecular weight is 573 g/mol.